The quantitative estimate of drug-likeness (QED) is 0.782. The topological polar surface area (TPSA) is 81.9 Å². The number of carbonyl (C=O) groups excluding carboxylic acids is 1. The van der Waals surface area contributed by atoms with E-state index in [2.05, 4.69) is 37.2 Å². The minimum atomic E-state index is -0.257. The molecule has 1 aromatic carbocycles. The molecule has 2 atom stereocenters. The van der Waals surface area contributed by atoms with Gasteiger partial charge in [-0.25, -0.2) is 4.98 Å². The Morgan fingerprint density at radius 1 is 1.23 bits per heavy atom. The Labute approximate surface area is 151 Å². The van der Waals surface area contributed by atoms with Crippen molar-refractivity contribution in [3.63, 3.8) is 0 Å². The molecule has 7 nitrogen and oxygen atoms in total. The van der Waals surface area contributed by atoms with E-state index in [1.165, 1.54) is 12.7 Å². The molecule has 0 fully saturated rings. The third-order valence-corrected chi connectivity index (χ3v) is 4.76. The predicted molar refractivity (Wildman–Crippen MR) is 94.8 cm³/mol. The summed E-state index contributed by atoms with van der Waals surface area (Å²) in [4.78, 5) is 16.9. The minimum Gasteiger partial charge on any atom is -0.480 e. The molecule has 3 aromatic rings. The average molecular weight is 349 g/mol. The number of rotatable bonds is 4. The molecule has 0 unspecified atom stereocenters. The van der Waals surface area contributed by atoms with Gasteiger partial charge in [-0.2, -0.15) is 0 Å². The van der Waals surface area contributed by atoms with E-state index in [-0.39, 0.29) is 23.7 Å². The van der Waals surface area contributed by atoms with Gasteiger partial charge in [-0.1, -0.05) is 24.3 Å². The summed E-state index contributed by atoms with van der Waals surface area (Å²) in [5.41, 5.74) is 2.65. The molecule has 1 N–H and O–H groups in total. The van der Waals surface area contributed by atoms with Gasteiger partial charge in [-0.05, 0) is 30.0 Å². The van der Waals surface area contributed by atoms with Crippen molar-refractivity contribution < 1.29 is 9.53 Å². The lowest BCUT2D eigenvalue weighted by Crippen LogP contribution is -2.37. The van der Waals surface area contributed by atoms with Gasteiger partial charge >= 0.3 is 0 Å². The minimum absolute atomic E-state index is 0.0996. The van der Waals surface area contributed by atoms with Crippen molar-refractivity contribution >= 4 is 5.91 Å². The molecule has 26 heavy (non-hydrogen) atoms. The molecule has 1 aliphatic rings. The molecule has 0 radical (unpaired) electrons. The molecule has 0 bridgehead atoms. The zero-order valence-electron chi connectivity index (χ0n) is 14.4. The van der Waals surface area contributed by atoms with Crippen molar-refractivity contribution in [2.24, 2.45) is 0 Å². The van der Waals surface area contributed by atoms with Crippen LogP contribution in [0.15, 0.2) is 55.1 Å². The highest BCUT2D eigenvalue weighted by molar-refractivity contribution is 5.92. The molecule has 4 rings (SSSR count). The summed E-state index contributed by atoms with van der Waals surface area (Å²) in [6.07, 6.45) is 7.38. The van der Waals surface area contributed by atoms with Crippen LogP contribution in [0.4, 0.5) is 0 Å². The lowest BCUT2D eigenvalue weighted by Gasteiger charge is -2.34. The number of imidazole rings is 1. The number of ether oxygens (including phenoxy) is 1. The standard InChI is InChI=1S/C19H19N5O2/c1-26-17-9-7-15(22-23-17)19(25)21-18-14-5-3-2-4-13(14)6-8-16(18)24-11-10-20-12-24/h2-5,7,9-12,16,18H,6,8H2,1H3,(H,21,25)/t16-,18+/m1/s1. The highest BCUT2D eigenvalue weighted by Crippen LogP contribution is 2.37. The van der Waals surface area contributed by atoms with E-state index in [0.717, 1.165) is 18.4 Å². The van der Waals surface area contributed by atoms with Crippen LogP contribution in [-0.4, -0.2) is 32.8 Å². The molecule has 132 valence electrons. The van der Waals surface area contributed by atoms with Crippen LogP contribution in [0.2, 0.25) is 0 Å². The number of nitrogens with one attached hydrogen (secondary N) is 1. The first kappa shape index (κ1) is 16.3. The van der Waals surface area contributed by atoms with Crippen molar-refractivity contribution in [3.05, 3.63) is 71.9 Å². The molecule has 2 aromatic heterocycles. The Bertz CT molecular complexity index is 893. The Morgan fingerprint density at radius 2 is 2.12 bits per heavy atom. The van der Waals surface area contributed by atoms with Gasteiger partial charge in [-0.3, -0.25) is 4.79 Å². The summed E-state index contributed by atoms with van der Waals surface area (Å²) in [7, 11) is 1.51. The monoisotopic (exact) mass is 349 g/mol. The first-order valence-electron chi connectivity index (χ1n) is 8.50. The molecular formula is C19H19N5O2. The highest BCUT2D eigenvalue weighted by atomic mass is 16.5. The van der Waals surface area contributed by atoms with Gasteiger partial charge in [0.05, 0.1) is 25.5 Å². The van der Waals surface area contributed by atoms with E-state index in [1.807, 2.05) is 18.3 Å². The van der Waals surface area contributed by atoms with Crippen molar-refractivity contribution in [2.45, 2.75) is 24.9 Å². The second-order valence-electron chi connectivity index (χ2n) is 6.23. The summed E-state index contributed by atoms with van der Waals surface area (Å²) in [6.45, 7) is 0. The number of hydrogen-bond donors (Lipinski definition) is 1. The Hall–Kier alpha value is -3.22. The number of hydrogen-bond acceptors (Lipinski definition) is 5. The molecular weight excluding hydrogens is 330 g/mol. The molecule has 0 saturated carbocycles. The van der Waals surface area contributed by atoms with Crippen molar-refractivity contribution in [3.8, 4) is 5.88 Å². The second kappa shape index (κ2) is 6.95. The van der Waals surface area contributed by atoms with E-state index >= 15 is 0 Å². The van der Waals surface area contributed by atoms with Crippen LogP contribution >= 0.6 is 0 Å². The number of aryl methyl sites for hydroxylation is 1. The van der Waals surface area contributed by atoms with Gasteiger partial charge in [0.15, 0.2) is 5.69 Å². The van der Waals surface area contributed by atoms with Gasteiger partial charge in [0.2, 0.25) is 5.88 Å². The van der Waals surface area contributed by atoms with E-state index in [1.54, 1.807) is 24.7 Å². The molecule has 1 aliphatic carbocycles. The number of benzene rings is 1. The van der Waals surface area contributed by atoms with E-state index in [9.17, 15) is 4.79 Å². The van der Waals surface area contributed by atoms with Crippen molar-refractivity contribution in [1.82, 2.24) is 25.1 Å². The number of methoxy groups -OCH3 is 1. The Balaban J connectivity index is 1.64. The largest absolute Gasteiger partial charge is 0.480 e. The molecule has 7 heteroatoms. The summed E-state index contributed by atoms with van der Waals surface area (Å²) in [5, 5.41) is 11.0. The maximum atomic E-state index is 12.8. The van der Waals surface area contributed by atoms with E-state index in [4.69, 9.17) is 4.74 Å². The van der Waals surface area contributed by atoms with Crippen molar-refractivity contribution in [2.75, 3.05) is 7.11 Å². The summed E-state index contributed by atoms with van der Waals surface area (Å²) in [5.74, 6) is 0.118. The third kappa shape index (κ3) is 3.03. The van der Waals surface area contributed by atoms with Gasteiger partial charge < -0.3 is 14.6 Å². The van der Waals surface area contributed by atoms with E-state index in [0.29, 0.717) is 5.88 Å². The molecule has 2 heterocycles. The van der Waals surface area contributed by atoms with Crippen LogP contribution in [0.1, 0.15) is 40.1 Å². The molecule has 0 saturated heterocycles. The van der Waals surface area contributed by atoms with E-state index < -0.39 is 0 Å². The molecule has 0 spiro atoms. The Morgan fingerprint density at radius 3 is 2.85 bits per heavy atom. The maximum Gasteiger partial charge on any atom is 0.272 e. The smallest absolute Gasteiger partial charge is 0.272 e. The zero-order valence-corrected chi connectivity index (χ0v) is 14.4. The SMILES string of the molecule is COc1ccc(C(=O)N[C@H]2c3ccccc3CC[C@H]2n2ccnc2)nn1. The molecule has 0 aliphatic heterocycles. The lowest BCUT2D eigenvalue weighted by molar-refractivity contribution is 0.0911. The third-order valence-electron chi connectivity index (χ3n) is 4.76. The summed E-state index contributed by atoms with van der Waals surface area (Å²) >= 11 is 0. The fourth-order valence-corrected chi connectivity index (χ4v) is 3.47. The van der Waals surface area contributed by atoms with Crippen LogP contribution < -0.4 is 10.1 Å². The number of carbonyl (C=O) groups is 1. The summed E-state index contributed by atoms with van der Waals surface area (Å²) < 4.78 is 7.05. The molecule has 1 amide bonds. The van der Waals surface area contributed by atoms with Gasteiger partial charge in [0, 0.05) is 18.5 Å². The number of nitrogens with zero attached hydrogens (tertiary/aromatic N) is 4. The first-order valence-corrected chi connectivity index (χ1v) is 8.50. The average Bonchev–Trinajstić information content (AvgIpc) is 3.23. The van der Waals surface area contributed by atoms with Crippen LogP contribution in [0, 0.1) is 0 Å². The van der Waals surface area contributed by atoms with Crippen LogP contribution in [0.25, 0.3) is 0 Å². The normalized spacial score (nSPS) is 18.8. The van der Waals surface area contributed by atoms with Crippen LogP contribution in [-0.2, 0) is 6.42 Å². The van der Waals surface area contributed by atoms with Gasteiger partial charge in [0.25, 0.3) is 5.91 Å². The van der Waals surface area contributed by atoms with Crippen molar-refractivity contribution in [1.29, 1.82) is 0 Å². The number of amides is 1. The maximum absolute atomic E-state index is 12.8. The second-order valence-corrected chi connectivity index (χ2v) is 6.23. The number of aromatic nitrogens is 4. The summed E-state index contributed by atoms with van der Waals surface area (Å²) in [6, 6.07) is 11.4. The zero-order chi connectivity index (χ0) is 17.9. The van der Waals surface area contributed by atoms with Crippen LogP contribution in [0.5, 0.6) is 5.88 Å². The van der Waals surface area contributed by atoms with Crippen LogP contribution in [0.3, 0.4) is 0 Å². The first-order chi connectivity index (χ1) is 12.8. The lowest BCUT2D eigenvalue weighted by atomic mass is 9.83. The number of fused-ring (bicyclic) bond motifs is 1. The highest BCUT2D eigenvalue weighted by Gasteiger charge is 2.32. The predicted octanol–water partition coefficient (Wildman–Crippen LogP) is 2.34. The Kier molecular flexibility index (Phi) is 4.35. The fourth-order valence-electron chi connectivity index (χ4n) is 3.47. The fraction of sp³-hybridized carbons (Fsp3) is 0.263. The van der Waals surface area contributed by atoms with Gasteiger partial charge in [-0.15, -0.1) is 10.2 Å². The van der Waals surface area contributed by atoms with Gasteiger partial charge in [0.1, 0.15) is 0 Å².